The highest BCUT2D eigenvalue weighted by Gasteiger charge is 2.28. The Morgan fingerprint density at radius 3 is 2.50 bits per heavy atom. The molecule has 1 unspecified atom stereocenters. The zero-order valence-corrected chi connectivity index (χ0v) is 10.2. The average molecular weight is 227 g/mol. The third-order valence-corrected chi connectivity index (χ3v) is 3.82. The van der Waals surface area contributed by atoms with Gasteiger partial charge in [-0.15, -0.1) is 0 Å². The Morgan fingerprint density at radius 1 is 1.12 bits per heavy atom. The van der Waals surface area contributed by atoms with Crippen LogP contribution in [0.5, 0.6) is 0 Å². The molecule has 0 spiro atoms. The molecule has 2 fully saturated rings. The molecule has 1 saturated carbocycles. The van der Waals surface area contributed by atoms with Crippen LogP contribution in [0.25, 0.3) is 0 Å². The topological polar surface area (TPSA) is 44.5 Å². The molecule has 2 rings (SSSR count). The molecule has 1 saturated heterocycles. The normalized spacial score (nSPS) is 30.9. The Balaban J connectivity index is 1.73. The van der Waals surface area contributed by atoms with Crippen LogP contribution < -0.4 is 5.73 Å². The molecule has 0 amide bonds. The first-order valence-electron chi connectivity index (χ1n) is 6.77. The maximum absolute atomic E-state index is 6.41. The summed E-state index contributed by atoms with van der Waals surface area (Å²) in [6, 6.07) is 0. The summed E-state index contributed by atoms with van der Waals surface area (Å²) in [4.78, 5) is 0. The van der Waals surface area contributed by atoms with Gasteiger partial charge < -0.3 is 15.2 Å². The molecule has 1 atom stereocenters. The highest BCUT2D eigenvalue weighted by Crippen LogP contribution is 2.26. The Kier molecular flexibility index (Phi) is 4.62. The lowest BCUT2D eigenvalue weighted by Gasteiger charge is -2.31. The molecular formula is C13H25NO2. The third kappa shape index (κ3) is 3.72. The Hall–Kier alpha value is -0.120. The third-order valence-electron chi connectivity index (χ3n) is 3.82. The van der Waals surface area contributed by atoms with Crippen molar-refractivity contribution in [2.75, 3.05) is 19.8 Å². The summed E-state index contributed by atoms with van der Waals surface area (Å²) in [6.45, 7) is 2.38. The quantitative estimate of drug-likeness (QED) is 0.752. The van der Waals surface area contributed by atoms with Crippen LogP contribution in [0.1, 0.15) is 51.4 Å². The van der Waals surface area contributed by atoms with Crippen LogP contribution in [-0.4, -0.2) is 31.5 Å². The van der Waals surface area contributed by atoms with E-state index in [1.807, 2.05) is 0 Å². The second-order valence-corrected chi connectivity index (χ2v) is 5.43. The van der Waals surface area contributed by atoms with Gasteiger partial charge in [0.2, 0.25) is 0 Å². The lowest BCUT2D eigenvalue weighted by atomic mass is 9.92. The van der Waals surface area contributed by atoms with Crippen LogP contribution in [0.15, 0.2) is 0 Å². The SMILES string of the molecule is NC1(COC2CCCOC2)CCCCCC1. The largest absolute Gasteiger partial charge is 0.379 e. The second kappa shape index (κ2) is 5.99. The number of hydrogen-bond donors (Lipinski definition) is 1. The fraction of sp³-hybridized carbons (Fsp3) is 1.00. The molecule has 1 heterocycles. The van der Waals surface area contributed by atoms with Crippen molar-refractivity contribution in [2.24, 2.45) is 5.73 Å². The summed E-state index contributed by atoms with van der Waals surface area (Å²) in [5.74, 6) is 0. The van der Waals surface area contributed by atoms with Gasteiger partial charge in [0.05, 0.1) is 19.3 Å². The fourth-order valence-corrected chi connectivity index (χ4v) is 2.70. The lowest BCUT2D eigenvalue weighted by Crippen LogP contribution is -2.45. The minimum Gasteiger partial charge on any atom is -0.379 e. The summed E-state index contributed by atoms with van der Waals surface area (Å²) in [7, 11) is 0. The van der Waals surface area contributed by atoms with Gasteiger partial charge in [0.15, 0.2) is 0 Å². The molecule has 3 heteroatoms. The second-order valence-electron chi connectivity index (χ2n) is 5.43. The molecule has 1 aliphatic carbocycles. The van der Waals surface area contributed by atoms with Crippen molar-refractivity contribution in [3.05, 3.63) is 0 Å². The van der Waals surface area contributed by atoms with Gasteiger partial charge in [-0.25, -0.2) is 0 Å². The molecule has 0 aromatic heterocycles. The Morgan fingerprint density at radius 2 is 1.88 bits per heavy atom. The van der Waals surface area contributed by atoms with Crippen LogP contribution in [0, 0.1) is 0 Å². The van der Waals surface area contributed by atoms with Crippen molar-refractivity contribution < 1.29 is 9.47 Å². The average Bonchev–Trinajstić information content (AvgIpc) is 2.54. The first kappa shape index (κ1) is 12.3. The standard InChI is InChI=1S/C13H25NO2/c14-13(7-3-1-2-4-8-13)11-16-12-6-5-9-15-10-12/h12H,1-11,14H2. The molecule has 0 aromatic carbocycles. The van der Waals surface area contributed by atoms with Crippen molar-refractivity contribution in [3.63, 3.8) is 0 Å². The highest BCUT2D eigenvalue weighted by atomic mass is 16.5. The molecule has 94 valence electrons. The van der Waals surface area contributed by atoms with Gasteiger partial charge in [0, 0.05) is 12.1 Å². The minimum absolute atomic E-state index is 0.0616. The van der Waals surface area contributed by atoms with E-state index in [0.717, 1.165) is 45.5 Å². The predicted molar refractivity (Wildman–Crippen MR) is 64.4 cm³/mol. The molecule has 2 aliphatic rings. The molecule has 2 N–H and O–H groups in total. The van der Waals surface area contributed by atoms with Gasteiger partial charge in [-0.2, -0.15) is 0 Å². The van der Waals surface area contributed by atoms with E-state index in [0.29, 0.717) is 0 Å². The van der Waals surface area contributed by atoms with Crippen molar-refractivity contribution in [3.8, 4) is 0 Å². The Labute approximate surface area is 98.7 Å². The number of nitrogens with two attached hydrogens (primary N) is 1. The van der Waals surface area contributed by atoms with E-state index in [-0.39, 0.29) is 11.6 Å². The van der Waals surface area contributed by atoms with Crippen molar-refractivity contribution >= 4 is 0 Å². The van der Waals surface area contributed by atoms with Gasteiger partial charge in [-0.1, -0.05) is 25.7 Å². The minimum atomic E-state index is -0.0616. The van der Waals surface area contributed by atoms with E-state index < -0.39 is 0 Å². The van der Waals surface area contributed by atoms with E-state index in [2.05, 4.69) is 0 Å². The molecule has 16 heavy (non-hydrogen) atoms. The maximum atomic E-state index is 6.41. The smallest absolute Gasteiger partial charge is 0.0810 e. The van der Waals surface area contributed by atoms with E-state index >= 15 is 0 Å². The van der Waals surface area contributed by atoms with Crippen LogP contribution in [0.4, 0.5) is 0 Å². The molecule has 3 nitrogen and oxygen atoms in total. The van der Waals surface area contributed by atoms with Crippen LogP contribution in [-0.2, 0) is 9.47 Å². The lowest BCUT2D eigenvalue weighted by molar-refractivity contribution is -0.0650. The fourth-order valence-electron chi connectivity index (χ4n) is 2.70. The monoisotopic (exact) mass is 227 g/mol. The molecular weight excluding hydrogens is 202 g/mol. The van der Waals surface area contributed by atoms with E-state index in [9.17, 15) is 0 Å². The molecule has 0 radical (unpaired) electrons. The maximum Gasteiger partial charge on any atom is 0.0810 e. The molecule has 0 bridgehead atoms. The van der Waals surface area contributed by atoms with Crippen LogP contribution >= 0.6 is 0 Å². The zero-order valence-electron chi connectivity index (χ0n) is 10.2. The van der Waals surface area contributed by atoms with Crippen molar-refractivity contribution in [1.29, 1.82) is 0 Å². The van der Waals surface area contributed by atoms with Gasteiger partial charge in [0.25, 0.3) is 0 Å². The number of rotatable bonds is 3. The van der Waals surface area contributed by atoms with E-state index in [1.54, 1.807) is 0 Å². The number of hydrogen-bond acceptors (Lipinski definition) is 3. The Bertz CT molecular complexity index is 194. The summed E-state index contributed by atoms with van der Waals surface area (Å²) >= 11 is 0. The van der Waals surface area contributed by atoms with Gasteiger partial charge >= 0.3 is 0 Å². The van der Waals surface area contributed by atoms with Gasteiger partial charge in [-0.3, -0.25) is 0 Å². The summed E-state index contributed by atoms with van der Waals surface area (Å²) in [5, 5.41) is 0. The van der Waals surface area contributed by atoms with Crippen molar-refractivity contribution in [1.82, 2.24) is 0 Å². The van der Waals surface area contributed by atoms with Gasteiger partial charge in [0.1, 0.15) is 0 Å². The number of ether oxygens (including phenoxy) is 2. The van der Waals surface area contributed by atoms with Gasteiger partial charge in [-0.05, 0) is 25.7 Å². The molecule has 0 aromatic rings. The van der Waals surface area contributed by atoms with Crippen LogP contribution in [0.3, 0.4) is 0 Å². The first-order valence-corrected chi connectivity index (χ1v) is 6.77. The first-order chi connectivity index (χ1) is 7.79. The highest BCUT2D eigenvalue weighted by molar-refractivity contribution is 4.86. The summed E-state index contributed by atoms with van der Waals surface area (Å²) < 4.78 is 11.3. The van der Waals surface area contributed by atoms with E-state index in [4.69, 9.17) is 15.2 Å². The molecule has 1 aliphatic heterocycles. The summed E-state index contributed by atoms with van der Waals surface area (Å²) in [6.07, 6.45) is 10.0. The summed E-state index contributed by atoms with van der Waals surface area (Å²) in [5.41, 5.74) is 6.35. The van der Waals surface area contributed by atoms with Crippen LogP contribution in [0.2, 0.25) is 0 Å². The zero-order chi connectivity index (χ0) is 11.3. The predicted octanol–water partition coefficient (Wildman–Crippen LogP) is 2.23. The van der Waals surface area contributed by atoms with E-state index in [1.165, 1.54) is 25.7 Å². The van der Waals surface area contributed by atoms with Crippen molar-refractivity contribution in [2.45, 2.75) is 63.0 Å².